The predicted molar refractivity (Wildman–Crippen MR) is 115 cm³/mol. The summed E-state index contributed by atoms with van der Waals surface area (Å²) in [6.07, 6.45) is 1.38. The molecule has 1 aliphatic carbocycles. The highest BCUT2D eigenvalue weighted by Crippen LogP contribution is 2.41. The van der Waals surface area contributed by atoms with Gasteiger partial charge in [-0.3, -0.25) is 14.5 Å². The van der Waals surface area contributed by atoms with E-state index in [1.165, 1.54) is 0 Å². The molecule has 1 unspecified atom stereocenters. The lowest BCUT2D eigenvalue weighted by Gasteiger charge is -2.22. The van der Waals surface area contributed by atoms with Crippen LogP contribution < -0.4 is 10.6 Å². The van der Waals surface area contributed by atoms with Crippen LogP contribution in [0.15, 0.2) is 48.5 Å². The van der Waals surface area contributed by atoms with E-state index >= 15 is 0 Å². The number of carbonyl (C=O) groups excluding carboxylic acids is 3. The highest BCUT2D eigenvalue weighted by atomic mass is 16.5. The fourth-order valence-corrected chi connectivity index (χ4v) is 4.23. The maximum Gasteiger partial charge on any atom is 0.325 e. The zero-order valence-corrected chi connectivity index (χ0v) is 17.8. The number of rotatable bonds is 7. The molecule has 162 valence electrons. The van der Waals surface area contributed by atoms with Crippen molar-refractivity contribution in [2.75, 3.05) is 6.54 Å². The molecular weight excluding hydrogens is 394 g/mol. The van der Waals surface area contributed by atoms with Gasteiger partial charge in [-0.15, -0.1) is 0 Å². The normalized spacial score (nSPS) is 19.8. The van der Waals surface area contributed by atoms with Crippen molar-refractivity contribution >= 4 is 17.8 Å². The first kappa shape index (κ1) is 21.1. The quantitative estimate of drug-likeness (QED) is 0.673. The largest absolute Gasteiger partial charge is 0.374 e. The van der Waals surface area contributed by atoms with Gasteiger partial charge in [-0.05, 0) is 48.9 Å². The Morgan fingerprint density at radius 3 is 2.74 bits per heavy atom. The Hall–Kier alpha value is -3.19. The van der Waals surface area contributed by atoms with Crippen LogP contribution in [0.25, 0.3) is 0 Å². The average molecular weight is 421 g/mol. The first-order chi connectivity index (χ1) is 14.9. The number of carbonyl (C=O) groups is 3. The van der Waals surface area contributed by atoms with Gasteiger partial charge in [-0.25, -0.2) is 4.79 Å². The summed E-state index contributed by atoms with van der Waals surface area (Å²) in [5.74, 6) is -0.735. The lowest BCUT2D eigenvalue weighted by molar-refractivity contribution is -0.135. The number of amides is 4. The highest BCUT2D eigenvalue weighted by molar-refractivity contribution is 6.09. The van der Waals surface area contributed by atoms with E-state index in [0.29, 0.717) is 19.6 Å². The van der Waals surface area contributed by atoms with Crippen LogP contribution in [-0.4, -0.2) is 35.4 Å². The molecule has 4 amide bonds. The first-order valence-corrected chi connectivity index (χ1v) is 10.6. The van der Waals surface area contributed by atoms with Crippen molar-refractivity contribution in [2.45, 2.75) is 51.5 Å². The monoisotopic (exact) mass is 421 g/mol. The van der Waals surface area contributed by atoms with Gasteiger partial charge in [-0.2, -0.15) is 0 Å². The van der Waals surface area contributed by atoms with Crippen LogP contribution in [0.1, 0.15) is 42.5 Å². The van der Waals surface area contributed by atoms with Crippen LogP contribution in [0.3, 0.4) is 0 Å². The van der Waals surface area contributed by atoms with E-state index in [4.69, 9.17) is 4.74 Å². The molecule has 4 rings (SSSR count). The number of aryl methyl sites for hydroxylation is 1. The van der Waals surface area contributed by atoms with Crippen LogP contribution in [0.2, 0.25) is 0 Å². The Balaban J connectivity index is 1.37. The molecule has 1 aliphatic heterocycles. The lowest BCUT2D eigenvalue weighted by Crippen LogP contribution is -2.43. The molecular formula is C24H27N3O4. The van der Waals surface area contributed by atoms with Crippen molar-refractivity contribution < 1.29 is 19.1 Å². The lowest BCUT2D eigenvalue weighted by atomic mass is 9.92. The average Bonchev–Trinajstić information content (AvgIpc) is 3.24. The van der Waals surface area contributed by atoms with E-state index in [2.05, 4.69) is 10.6 Å². The molecule has 1 heterocycles. The molecule has 2 aliphatic rings. The fraction of sp³-hybridized carbons (Fsp3) is 0.375. The van der Waals surface area contributed by atoms with E-state index in [9.17, 15) is 14.4 Å². The minimum atomic E-state index is -1.04. The molecule has 2 N–H and O–H groups in total. The van der Waals surface area contributed by atoms with Crippen molar-refractivity contribution in [3.63, 3.8) is 0 Å². The van der Waals surface area contributed by atoms with Gasteiger partial charge >= 0.3 is 6.03 Å². The maximum atomic E-state index is 13.1. The molecule has 7 heteroatoms. The van der Waals surface area contributed by atoms with Crippen LogP contribution in [0, 0.1) is 0 Å². The molecule has 1 saturated heterocycles. The number of benzene rings is 2. The number of hydrogen-bond acceptors (Lipinski definition) is 4. The molecule has 1 spiro atoms. The minimum absolute atomic E-state index is 0.141. The number of nitrogens with zero attached hydrogens (tertiary/aromatic N) is 1. The third-order valence-electron chi connectivity index (χ3n) is 5.79. The number of imide groups is 1. The van der Waals surface area contributed by atoms with E-state index < -0.39 is 11.6 Å². The van der Waals surface area contributed by atoms with Gasteiger partial charge in [0.15, 0.2) is 0 Å². The third-order valence-corrected chi connectivity index (χ3v) is 5.79. The fourth-order valence-electron chi connectivity index (χ4n) is 4.23. The van der Waals surface area contributed by atoms with Gasteiger partial charge in [-0.1, -0.05) is 48.5 Å². The van der Waals surface area contributed by atoms with E-state index in [1.54, 1.807) is 0 Å². The minimum Gasteiger partial charge on any atom is -0.374 e. The molecule has 2 aromatic carbocycles. The van der Waals surface area contributed by atoms with Gasteiger partial charge in [0.25, 0.3) is 5.91 Å². The summed E-state index contributed by atoms with van der Waals surface area (Å²) >= 11 is 0. The Morgan fingerprint density at radius 2 is 1.94 bits per heavy atom. The van der Waals surface area contributed by atoms with Crippen LogP contribution in [0.4, 0.5) is 4.79 Å². The zero-order chi connectivity index (χ0) is 22.0. The van der Waals surface area contributed by atoms with E-state index in [-0.39, 0.29) is 24.5 Å². The smallest absolute Gasteiger partial charge is 0.325 e. The van der Waals surface area contributed by atoms with Crippen molar-refractivity contribution in [3.05, 3.63) is 70.8 Å². The van der Waals surface area contributed by atoms with Gasteiger partial charge in [0.05, 0.1) is 12.7 Å². The summed E-state index contributed by atoms with van der Waals surface area (Å²) in [7, 11) is 0. The second-order valence-corrected chi connectivity index (χ2v) is 8.34. The van der Waals surface area contributed by atoms with Gasteiger partial charge in [0.2, 0.25) is 5.91 Å². The molecule has 1 atom stereocenters. The number of nitrogens with one attached hydrogen (secondary N) is 2. The van der Waals surface area contributed by atoms with Crippen LogP contribution >= 0.6 is 0 Å². The zero-order valence-electron chi connectivity index (χ0n) is 17.8. The second kappa shape index (κ2) is 8.51. The standard InChI is InChI=1S/C24H27N3O4/c1-16(2)31-15-18-7-5-6-17(12-18)13-25-21(28)14-27-22(29)24(26-23(27)30)11-10-19-8-3-4-9-20(19)24/h3-9,12,16H,10-11,13-15H2,1-2H3,(H,25,28)(H,26,30). The Kier molecular flexibility index (Phi) is 5.78. The molecule has 2 aromatic rings. The van der Waals surface area contributed by atoms with Crippen LogP contribution in [-0.2, 0) is 39.4 Å². The molecule has 31 heavy (non-hydrogen) atoms. The maximum absolute atomic E-state index is 13.1. The molecule has 0 radical (unpaired) electrons. The molecule has 0 bridgehead atoms. The van der Waals surface area contributed by atoms with E-state index in [0.717, 1.165) is 33.6 Å². The number of urea groups is 1. The van der Waals surface area contributed by atoms with Crippen molar-refractivity contribution in [1.29, 1.82) is 0 Å². The van der Waals surface area contributed by atoms with Gasteiger partial charge in [0.1, 0.15) is 12.1 Å². The first-order valence-electron chi connectivity index (χ1n) is 10.6. The Bertz CT molecular complexity index is 1020. The van der Waals surface area contributed by atoms with Crippen molar-refractivity contribution in [3.8, 4) is 0 Å². The number of hydrogen-bond donors (Lipinski definition) is 2. The third kappa shape index (κ3) is 4.18. The molecule has 0 aromatic heterocycles. The Labute approximate surface area is 181 Å². The number of fused-ring (bicyclic) bond motifs is 2. The summed E-state index contributed by atoms with van der Waals surface area (Å²) in [5, 5.41) is 5.64. The predicted octanol–water partition coefficient (Wildman–Crippen LogP) is 2.62. The van der Waals surface area contributed by atoms with Crippen molar-refractivity contribution in [2.24, 2.45) is 0 Å². The van der Waals surface area contributed by atoms with Gasteiger partial charge < -0.3 is 15.4 Å². The van der Waals surface area contributed by atoms with Crippen molar-refractivity contribution in [1.82, 2.24) is 15.5 Å². The topological polar surface area (TPSA) is 87.7 Å². The summed E-state index contributed by atoms with van der Waals surface area (Å²) in [6, 6.07) is 14.9. The SMILES string of the molecule is CC(C)OCc1cccc(CNC(=O)CN2C(=O)NC3(CCc4ccccc43)C2=O)c1. The summed E-state index contributed by atoms with van der Waals surface area (Å²) in [5.41, 5.74) is 2.80. The van der Waals surface area contributed by atoms with E-state index in [1.807, 2.05) is 62.4 Å². The van der Waals surface area contributed by atoms with Gasteiger partial charge in [0, 0.05) is 6.54 Å². The number of ether oxygens (including phenoxy) is 1. The summed E-state index contributed by atoms with van der Waals surface area (Å²) in [6.45, 7) is 4.48. The second-order valence-electron chi connectivity index (χ2n) is 8.34. The molecule has 7 nitrogen and oxygen atoms in total. The highest BCUT2D eigenvalue weighted by Gasteiger charge is 2.55. The molecule has 1 fully saturated rings. The summed E-state index contributed by atoms with van der Waals surface area (Å²) in [4.78, 5) is 39.2. The Morgan fingerprint density at radius 1 is 1.16 bits per heavy atom. The summed E-state index contributed by atoms with van der Waals surface area (Å²) < 4.78 is 5.62. The molecule has 0 saturated carbocycles. The van der Waals surface area contributed by atoms with Crippen LogP contribution in [0.5, 0.6) is 0 Å².